The Bertz CT molecular complexity index is 1500. The molecule has 1 heterocycles. The van der Waals surface area contributed by atoms with Crippen molar-refractivity contribution in [2.24, 2.45) is 0 Å². The van der Waals surface area contributed by atoms with E-state index in [1.54, 1.807) is 0 Å². The van der Waals surface area contributed by atoms with Gasteiger partial charge in [0.1, 0.15) is 6.61 Å². The van der Waals surface area contributed by atoms with Crippen LogP contribution in [0.25, 0.3) is 0 Å². The molecule has 0 radical (unpaired) electrons. The highest BCUT2D eigenvalue weighted by atomic mass is 35.5. The molecule has 0 fully saturated rings. The van der Waals surface area contributed by atoms with Crippen molar-refractivity contribution in [3.63, 3.8) is 0 Å². The van der Waals surface area contributed by atoms with Crippen LogP contribution in [0.5, 0.6) is 11.5 Å². The maximum atomic E-state index is 13.7. The van der Waals surface area contributed by atoms with Gasteiger partial charge in [0, 0.05) is 47.8 Å². The monoisotopic (exact) mass is 581 g/mol. The molecule has 42 heavy (non-hydrogen) atoms. The molecule has 6 heteroatoms. The third kappa shape index (κ3) is 5.63. The number of carbonyl (C=O) groups is 2. The van der Waals surface area contributed by atoms with E-state index in [1.165, 1.54) is 5.56 Å². The first-order chi connectivity index (χ1) is 20.5. The van der Waals surface area contributed by atoms with Crippen LogP contribution in [0.1, 0.15) is 68.1 Å². The molecule has 0 unspecified atom stereocenters. The van der Waals surface area contributed by atoms with Crippen LogP contribution in [0.3, 0.4) is 0 Å². The fourth-order valence-corrected chi connectivity index (χ4v) is 6.87. The molecule has 3 aromatic carbocycles. The molecule has 5 nitrogen and oxygen atoms in total. The molecule has 0 aromatic heterocycles. The van der Waals surface area contributed by atoms with Crippen molar-refractivity contribution in [2.75, 3.05) is 13.2 Å². The zero-order chi connectivity index (χ0) is 29.1. The Labute approximate surface area is 252 Å². The number of rotatable bonds is 9. The Balaban J connectivity index is 1.43. The Morgan fingerprint density at radius 1 is 0.786 bits per heavy atom. The third-order valence-electron chi connectivity index (χ3n) is 8.44. The molecule has 3 aliphatic rings. The summed E-state index contributed by atoms with van der Waals surface area (Å²) >= 11 is 6.91. The lowest BCUT2D eigenvalue weighted by atomic mass is 9.71. The number of hydrogen-bond acceptors (Lipinski definition) is 5. The van der Waals surface area contributed by atoms with Gasteiger partial charge in [0.2, 0.25) is 0 Å². The van der Waals surface area contributed by atoms with Gasteiger partial charge >= 0.3 is 0 Å². The van der Waals surface area contributed by atoms with E-state index in [9.17, 15) is 9.59 Å². The van der Waals surface area contributed by atoms with Gasteiger partial charge in [-0.15, -0.1) is 0 Å². The molecule has 0 amide bonds. The van der Waals surface area contributed by atoms with Gasteiger partial charge in [-0.2, -0.15) is 0 Å². The topological polar surface area (TPSA) is 55.8 Å². The van der Waals surface area contributed by atoms with Crippen molar-refractivity contribution in [1.82, 2.24) is 4.90 Å². The van der Waals surface area contributed by atoms with Gasteiger partial charge in [0.15, 0.2) is 23.1 Å². The summed E-state index contributed by atoms with van der Waals surface area (Å²) in [6, 6.07) is 24.1. The highest BCUT2D eigenvalue weighted by Gasteiger charge is 2.43. The lowest BCUT2D eigenvalue weighted by molar-refractivity contribution is -0.117. The minimum Gasteiger partial charge on any atom is -0.490 e. The fraction of sp³-hybridized carbons (Fsp3) is 0.333. The summed E-state index contributed by atoms with van der Waals surface area (Å²) in [6.07, 6.45) is 5.10. The van der Waals surface area contributed by atoms with Gasteiger partial charge in [0.25, 0.3) is 0 Å². The predicted octanol–water partition coefficient (Wildman–Crippen LogP) is 7.97. The summed E-state index contributed by atoms with van der Waals surface area (Å²) in [7, 11) is 0. The van der Waals surface area contributed by atoms with Crippen LogP contribution in [-0.2, 0) is 22.6 Å². The largest absolute Gasteiger partial charge is 0.490 e. The minimum absolute atomic E-state index is 0.120. The normalized spacial score (nSPS) is 17.3. The molecule has 0 bridgehead atoms. The zero-order valence-electron chi connectivity index (χ0n) is 24.0. The third-order valence-corrected chi connectivity index (χ3v) is 8.73. The maximum absolute atomic E-state index is 13.7. The van der Waals surface area contributed by atoms with Gasteiger partial charge in [-0.05, 0) is 67.9 Å². The van der Waals surface area contributed by atoms with Crippen molar-refractivity contribution in [2.45, 2.75) is 64.4 Å². The maximum Gasteiger partial charge on any atom is 0.180 e. The standard InChI is InChI=1S/C36H36ClNO4/c1-2-41-32-22-26(21-27(37)36(32)42-23-25-13-7-4-8-14-25)33-34-28(15-9-17-30(34)39)38(20-19-24-11-5-3-6-12-24)29-16-10-18-31(40)35(29)33/h3-8,11-14,21-22,33H,2,9-10,15-20,23H2,1H3. The Morgan fingerprint density at radius 3 is 1.98 bits per heavy atom. The van der Waals surface area contributed by atoms with Gasteiger partial charge < -0.3 is 14.4 Å². The van der Waals surface area contributed by atoms with Crippen LogP contribution in [0, 0.1) is 0 Å². The molecule has 6 rings (SSSR count). The molecule has 216 valence electrons. The summed E-state index contributed by atoms with van der Waals surface area (Å²) in [5.74, 6) is 0.783. The molecule has 2 aliphatic carbocycles. The average Bonchev–Trinajstić information content (AvgIpc) is 3.00. The number of benzene rings is 3. The van der Waals surface area contributed by atoms with Crippen LogP contribution in [0.2, 0.25) is 5.02 Å². The predicted molar refractivity (Wildman–Crippen MR) is 165 cm³/mol. The van der Waals surface area contributed by atoms with Gasteiger partial charge in [-0.25, -0.2) is 0 Å². The number of ether oxygens (including phenoxy) is 2. The molecular weight excluding hydrogens is 546 g/mol. The summed E-state index contributed by atoms with van der Waals surface area (Å²) in [5.41, 5.74) is 6.71. The first-order valence-corrected chi connectivity index (χ1v) is 15.4. The van der Waals surface area contributed by atoms with Crippen molar-refractivity contribution in [3.05, 3.63) is 117 Å². The number of Topliss-reactive ketones (excluding diaryl/α,β-unsaturated/α-hetero) is 2. The first kappa shape index (κ1) is 28.3. The quantitative estimate of drug-likeness (QED) is 0.256. The van der Waals surface area contributed by atoms with Crippen molar-refractivity contribution in [1.29, 1.82) is 0 Å². The van der Waals surface area contributed by atoms with E-state index < -0.39 is 5.92 Å². The number of halogens is 1. The van der Waals surface area contributed by atoms with Gasteiger partial charge in [0.05, 0.1) is 11.6 Å². The summed E-state index contributed by atoms with van der Waals surface area (Å²) in [4.78, 5) is 29.8. The summed E-state index contributed by atoms with van der Waals surface area (Å²) in [6.45, 7) is 3.44. The lowest BCUT2D eigenvalue weighted by Gasteiger charge is -2.44. The second-order valence-electron chi connectivity index (χ2n) is 11.1. The highest BCUT2D eigenvalue weighted by molar-refractivity contribution is 6.32. The molecule has 0 atom stereocenters. The van der Waals surface area contributed by atoms with Crippen LogP contribution >= 0.6 is 11.6 Å². The van der Waals surface area contributed by atoms with Crippen LogP contribution in [-0.4, -0.2) is 29.6 Å². The number of allylic oxidation sites excluding steroid dienone is 4. The van der Waals surface area contributed by atoms with E-state index >= 15 is 0 Å². The van der Waals surface area contributed by atoms with Crippen LogP contribution < -0.4 is 9.47 Å². The molecule has 0 N–H and O–H groups in total. The molecule has 3 aromatic rings. The molecule has 0 spiro atoms. The van der Waals surface area contributed by atoms with Gasteiger partial charge in [-0.3, -0.25) is 9.59 Å². The number of nitrogens with zero attached hydrogens (tertiary/aromatic N) is 1. The van der Waals surface area contributed by atoms with Crippen molar-refractivity contribution in [3.8, 4) is 11.5 Å². The van der Waals surface area contributed by atoms with Gasteiger partial charge in [-0.1, -0.05) is 72.3 Å². The summed E-state index contributed by atoms with van der Waals surface area (Å²) in [5, 5.41) is 0.411. The van der Waals surface area contributed by atoms with E-state index in [2.05, 4.69) is 29.2 Å². The minimum atomic E-state index is -0.455. The van der Waals surface area contributed by atoms with E-state index in [0.29, 0.717) is 42.6 Å². The number of ketones is 2. The highest BCUT2D eigenvalue weighted by Crippen LogP contribution is 2.51. The van der Waals surface area contributed by atoms with E-state index in [1.807, 2.05) is 55.5 Å². The molecule has 1 aliphatic heterocycles. The first-order valence-electron chi connectivity index (χ1n) is 15.0. The summed E-state index contributed by atoms with van der Waals surface area (Å²) < 4.78 is 12.2. The molecule has 0 saturated heterocycles. The number of carbonyl (C=O) groups excluding carboxylic acids is 2. The second kappa shape index (κ2) is 12.6. The zero-order valence-corrected chi connectivity index (χ0v) is 24.8. The van der Waals surface area contributed by atoms with E-state index in [4.69, 9.17) is 21.1 Å². The van der Waals surface area contributed by atoms with E-state index in [0.717, 1.165) is 72.3 Å². The SMILES string of the molecule is CCOc1cc(C2C3=C(CCCC3=O)N(CCc3ccccc3)C3=C2C(=O)CCC3)cc(Cl)c1OCc1ccccc1. The van der Waals surface area contributed by atoms with Crippen LogP contribution in [0.4, 0.5) is 0 Å². The smallest absolute Gasteiger partial charge is 0.180 e. The fourth-order valence-electron chi connectivity index (χ4n) is 6.59. The van der Waals surface area contributed by atoms with Crippen molar-refractivity contribution < 1.29 is 19.1 Å². The Kier molecular flexibility index (Phi) is 8.48. The molecular formula is C36H36ClNO4. The number of hydrogen-bond donors (Lipinski definition) is 0. The lowest BCUT2D eigenvalue weighted by Crippen LogP contribution is -2.40. The average molecular weight is 582 g/mol. The van der Waals surface area contributed by atoms with Crippen molar-refractivity contribution >= 4 is 23.2 Å². The Hall–Kier alpha value is -3.83. The van der Waals surface area contributed by atoms with Crippen LogP contribution in [0.15, 0.2) is 95.3 Å². The van der Waals surface area contributed by atoms with E-state index in [-0.39, 0.29) is 11.6 Å². The molecule has 0 saturated carbocycles. The second-order valence-corrected chi connectivity index (χ2v) is 11.5. The Morgan fingerprint density at radius 2 is 1.38 bits per heavy atom.